The highest BCUT2D eigenvalue weighted by atomic mass is 15.0. The van der Waals surface area contributed by atoms with Crippen molar-refractivity contribution in [2.75, 3.05) is 0 Å². The number of hydrogen-bond donors (Lipinski definition) is 0. The van der Waals surface area contributed by atoms with Gasteiger partial charge in [0.25, 0.3) is 0 Å². The standard InChI is InChI=1S/C45H31N3/c1-5-16-32(17-6-1)40-28-15-29-41(33-18-7-2-8-19-33)42(40)38-26-13-24-36(30-38)37-25-14-27-39(31-37)45-47-43(34-20-9-3-10-21-34)46-44(48-45)35-22-11-4-12-23-35/h1-31H. The first kappa shape index (κ1) is 29.0. The fraction of sp³-hybridized carbons (Fsp3) is 0. The molecule has 0 amide bonds. The van der Waals surface area contributed by atoms with E-state index in [-0.39, 0.29) is 0 Å². The highest BCUT2D eigenvalue weighted by molar-refractivity contribution is 5.95. The molecular weight excluding hydrogens is 583 g/mol. The lowest BCUT2D eigenvalue weighted by molar-refractivity contribution is 1.07. The van der Waals surface area contributed by atoms with Crippen molar-refractivity contribution >= 4 is 0 Å². The first-order chi connectivity index (χ1) is 23.8. The van der Waals surface area contributed by atoms with Crippen LogP contribution in [0.25, 0.3) is 78.7 Å². The van der Waals surface area contributed by atoms with Crippen LogP contribution in [0.15, 0.2) is 188 Å². The Labute approximate surface area is 280 Å². The van der Waals surface area contributed by atoms with Gasteiger partial charge in [0.2, 0.25) is 0 Å². The molecule has 0 atom stereocenters. The Morgan fingerprint density at radius 3 is 1.00 bits per heavy atom. The molecule has 48 heavy (non-hydrogen) atoms. The Morgan fingerprint density at radius 1 is 0.229 bits per heavy atom. The average Bonchev–Trinajstić information content (AvgIpc) is 3.19. The molecule has 7 aromatic carbocycles. The van der Waals surface area contributed by atoms with Crippen LogP contribution in [0.2, 0.25) is 0 Å². The SMILES string of the molecule is c1ccc(-c2nc(-c3ccccc3)nc(-c3cccc(-c4cccc(-c5c(-c6ccccc6)cccc5-c5ccccc5)c4)c3)n2)cc1. The Hall–Kier alpha value is -6.45. The maximum absolute atomic E-state index is 4.97. The van der Waals surface area contributed by atoms with Crippen LogP contribution in [0.3, 0.4) is 0 Å². The molecule has 3 heteroatoms. The second-order valence-corrected chi connectivity index (χ2v) is 11.7. The predicted octanol–water partition coefficient (Wildman–Crippen LogP) is 11.5. The number of rotatable bonds is 7. The van der Waals surface area contributed by atoms with E-state index in [0.29, 0.717) is 17.5 Å². The molecule has 0 spiro atoms. The average molecular weight is 614 g/mol. The van der Waals surface area contributed by atoms with Gasteiger partial charge in [-0.25, -0.2) is 15.0 Å². The molecule has 226 valence electrons. The Kier molecular flexibility index (Phi) is 7.92. The van der Waals surface area contributed by atoms with E-state index in [0.717, 1.165) is 33.4 Å². The second kappa shape index (κ2) is 13.1. The molecule has 0 aliphatic rings. The number of aromatic nitrogens is 3. The highest BCUT2D eigenvalue weighted by Crippen LogP contribution is 2.41. The van der Waals surface area contributed by atoms with Crippen molar-refractivity contribution in [3.05, 3.63) is 188 Å². The number of nitrogens with zero attached hydrogens (tertiary/aromatic N) is 3. The van der Waals surface area contributed by atoms with Crippen molar-refractivity contribution < 1.29 is 0 Å². The monoisotopic (exact) mass is 613 g/mol. The van der Waals surface area contributed by atoms with Crippen LogP contribution in [0.5, 0.6) is 0 Å². The van der Waals surface area contributed by atoms with E-state index >= 15 is 0 Å². The third kappa shape index (κ3) is 5.93. The lowest BCUT2D eigenvalue weighted by Crippen LogP contribution is -2.00. The Bertz CT molecular complexity index is 2200. The maximum Gasteiger partial charge on any atom is 0.164 e. The van der Waals surface area contributed by atoms with Gasteiger partial charge < -0.3 is 0 Å². The van der Waals surface area contributed by atoms with Gasteiger partial charge in [-0.2, -0.15) is 0 Å². The van der Waals surface area contributed by atoms with E-state index in [9.17, 15) is 0 Å². The van der Waals surface area contributed by atoms with Crippen molar-refractivity contribution in [2.45, 2.75) is 0 Å². The van der Waals surface area contributed by atoms with Crippen molar-refractivity contribution in [1.82, 2.24) is 15.0 Å². The first-order valence-corrected chi connectivity index (χ1v) is 16.1. The van der Waals surface area contributed by atoms with E-state index in [1.54, 1.807) is 0 Å². The summed E-state index contributed by atoms with van der Waals surface area (Å²) in [6.07, 6.45) is 0. The molecular formula is C45H31N3. The normalized spacial score (nSPS) is 10.9. The molecule has 0 bridgehead atoms. The summed E-state index contributed by atoms with van der Waals surface area (Å²) in [5.41, 5.74) is 12.2. The second-order valence-electron chi connectivity index (χ2n) is 11.7. The van der Waals surface area contributed by atoms with Crippen molar-refractivity contribution in [1.29, 1.82) is 0 Å². The highest BCUT2D eigenvalue weighted by Gasteiger charge is 2.16. The summed E-state index contributed by atoms with van der Waals surface area (Å²) < 4.78 is 0. The lowest BCUT2D eigenvalue weighted by atomic mass is 9.86. The van der Waals surface area contributed by atoms with Gasteiger partial charge in [0.05, 0.1) is 0 Å². The van der Waals surface area contributed by atoms with Gasteiger partial charge in [0.15, 0.2) is 17.5 Å². The number of benzene rings is 7. The van der Waals surface area contributed by atoms with E-state index in [1.807, 2.05) is 60.7 Å². The van der Waals surface area contributed by atoms with Gasteiger partial charge >= 0.3 is 0 Å². The van der Waals surface area contributed by atoms with Crippen molar-refractivity contribution in [3.8, 4) is 78.7 Å². The van der Waals surface area contributed by atoms with Crippen LogP contribution < -0.4 is 0 Å². The minimum atomic E-state index is 0.640. The van der Waals surface area contributed by atoms with Crippen LogP contribution in [0, 0.1) is 0 Å². The van der Waals surface area contributed by atoms with E-state index in [2.05, 4.69) is 127 Å². The summed E-state index contributed by atoms with van der Waals surface area (Å²) in [4.78, 5) is 14.8. The van der Waals surface area contributed by atoms with Gasteiger partial charge in [-0.1, -0.05) is 176 Å². The third-order valence-corrected chi connectivity index (χ3v) is 8.54. The minimum absolute atomic E-state index is 0.640. The predicted molar refractivity (Wildman–Crippen MR) is 198 cm³/mol. The summed E-state index contributed by atoms with van der Waals surface area (Å²) in [5.74, 6) is 1.94. The van der Waals surface area contributed by atoms with Gasteiger partial charge in [-0.3, -0.25) is 0 Å². The molecule has 0 N–H and O–H groups in total. The molecule has 0 unspecified atom stereocenters. The van der Waals surface area contributed by atoms with Crippen molar-refractivity contribution in [2.24, 2.45) is 0 Å². The minimum Gasteiger partial charge on any atom is -0.208 e. The molecule has 0 saturated heterocycles. The molecule has 0 fully saturated rings. The third-order valence-electron chi connectivity index (χ3n) is 8.54. The van der Waals surface area contributed by atoms with E-state index in [4.69, 9.17) is 15.0 Å². The quantitative estimate of drug-likeness (QED) is 0.179. The molecule has 8 aromatic rings. The number of hydrogen-bond acceptors (Lipinski definition) is 3. The molecule has 1 heterocycles. The fourth-order valence-corrected chi connectivity index (χ4v) is 6.21. The Morgan fingerprint density at radius 2 is 0.542 bits per heavy atom. The Balaban J connectivity index is 1.25. The fourth-order valence-electron chi connectivity index (χ4n) is 6.21. The van der Waals surface area contributed by atoms with Gasteiger partial charge in [-0.05, 0) is 56.6 Å². The van der Waals surface area contributed by atoms with Gasteiger partial charge in [0, 0.05) is 16.7 Å². The molecule has 3 nitrogen and oxygen atoms in total. The molecule has 0 aliphatic carbocycles. The van der Waals surface area contributed by atoms with Crippen LogP contribution in [-0.2, 0) is 0 Å². The smallest absolute Gasteiger partial charge is 0.164 e. The van der Waals surface area contributed by atoms with E-state index < -0.39 is 0 Å². The maximum atomic E-state index is 4.97. The van der Waals surface area contributed by atoms with Gasteiger partial charge in [-0.15, -0.1) is 0 Å². The molecule has 0 aliphatic heterocycles. The van der Waals surface area contributed by atoms with Crippen LogP contribution >= 0.6 is 0 Å². The zero-order chi connectivity index (χ0) is 32.1. The summed E-state index contributed by atoms with van der Waals surface area (Å²) >= 11 is 0. The van der Waals surface area contributed by atoms with Crippen LogP contribution in [-0.4, -0.2) is 15.0 Å². The molecule has 0 saturated carbocycles. The first-order valence-electron chi connectivity index (χ1n) is 16.1. The summed E-state index contributed by atoms with van der Waals surface area (Å²) in [6, 6.07) is 65.4. The van der Waals surface area contributed by atoms with Crippen LogP contribution in [0.4, 0.5) is 0 Å². The summed E-state index contributed by atoms with van der Waals surface area (Å²) in [5, 5.41) is 0. The summed E-state index contributed by atoms with van der Waals surface area (Å²) in [6.45, 7) is 0. The largest absolute Gasteiger partial charge is 0.208 e. The molecule has 8 rings (SSSR count). The topological polar surface area (TPSA) is 38.7 Å². The lowest BCUT2D eigenvalue weighted by Gasteiger charge is -2.17. The zero-order valence-electron chi connectivity index (χ0n) is 26.2. The van der Waals surface area contributed by atoms with Crippen molar-refractivity contribution in [3.63, 3.8) is 0 Å². The zero-order valence-corrected chi connectivity index (χ0v) is 26.2. The van der Waals surface area contributed by atoms with Crippen LogP contribution in [0.1, 0.15) is 0 Å². The van der Waals surface area contributed by atoms with Gasteiger partial charge in [0.1, 0.15) is 0 Å². The molecule has 1 aromatic heterocycles. The molecule has 0 radical (unpaired) electrons. The summed E-state index contributed by atoms with van der Waals surface area (Å²) in [7, 11) is 0. The van der Waals surface area contributed by atoms with E-state index in [1.165, 1.54) is 27.8 Å².